The van der Waals surface area contributed by atoms with E-state index in [1.54, 1.807) is 16.2 Å². The number of hydrogen-bond acceptors (Lipinski definition) is 3. The number of aryl methyl sites for hydroxylation is 1. The van der Waals surface area contributed by atoms with Crippen LogP contribution in [0.3, 0.4) is 0 Å². The van der Waals surface area contributed by atoms with E-state index in [0.29, 0.717) is 19.0 Å². The lowest BCUT2D eigenvalue weighted by atomic mass is 9.89. The molecule has 2 heterocycles. The largest absolute Gasteiger partial charge is 0.481 e. The average Bonchev–Trinajstić information content (AvgIpc) is 3.06. The van der Waals surface area contributed by atoms with Gasteiger partial charge in [-0.15, -0.1) is 11.3 Å². The van der Waals surface area contributed by atoms with Crippen LogP contribution in [0.4, 0.5) is 0 Å². The maximum atomic E-state index is 12.9. The van der Waals surface area contributed by atoms with Gasteiger partial charge in [-0.3, -0.25) is 9.59 Å². The normalized spacial score (nSPS) is 28.1. The fourth-order valence-corrected chi connectivity index (χ4v) is 5.14. The first-order chi connectivity index (χ1) is 12.1. The number of carbonyl (C=O) groups excluding carboxylic acids is 1. The third-order valence-corrected chi connectivity index (χ3v) is 6.67. The highest BCUT2D eigenvalue weighted by molar-refractivity contribution is 7.10. The molecule has 1 aromatic heterocycles. The SMILES string of the molecule is Cc1ccsc1C1CC1C(=O)N1CC(C(=O)O)C(c2ccccc2)C1. The number of carboxylic acid groups (broad SMARTS) is 1. The molecule has 1 aliphatic carbocycles. The van der Waals surface area contributed by atoms with Gasteiger partial charge in [0.25, 0.3) is 0 Å². The Morgan fingerprint density at radius 2 is 1.84 bits per heavy atom. The Hall–Kier alpha value is -2.14. The first-order valence-electron chi connectivity index (χ1n) is 8.66. The molecule has 1 N–H and O–H groups in total. The molecular formula is C20H21NO3S. The zero-order chi connectivity index (χ0) is 17.6. The van der Waals surface area contributed by atoms with Crippen molar-refractivity contribution in [1.29, 1.82) is 0 Å². The summed E-state index contributed by atoms with van der Waals surface area (Å²) in [6, 6.07) is 11.8. The number of hydrogen-bond donors (Lipinski definition) is 1. The highest BCUT2D eigenvalue weighted by Crippen LogP contribution is 2.52. The molecule has 0 radical (unpaired) electrons. The van der Waals surface area contributed by atoms with E-state index in [1.807, 2.05) is 30.3 Å². The van der Waals surface area contributed by atoms with E-state index in [4.69, 9.17) is 0 Å². The Morgan fingerprint density at radius 3 is 2.48 bits per heavy atom. The van der Waals surface area contributed by atoms with Crippen LogP contribution in [-0.4, -0.2) is 35.0 Å². The van der Waals surface area contributed by atoms with Gasteiger partial charge in [0.2, 0.25) is 5.91 Å². The van der Waals surface area contributed by atoms with Crippen molar-refractivity contribution in [3.8, 4) is 0 Å². The molecule has 1 saturated heterocycles. The monoisotopic (exact) mass is 355 g/mol. The summed E-state index contributed by atoms with van der Waals surface area (Å²) in [4.78, 5) is 27.7. The van der Waals surface area contributed by atoms with Crippen molar-refractivity contribution in [2.24, 2.45) is 11.8 Å². The van der Waals surface area contributed by atoms with Crippen molar-refractivity contribution >= 4 is 23.2 Å². The Kier molecular flexibility index (Phi) is 4.12. The lowest BCUT2D eigenvalue weighted by Crippen LogP contribution is -2.31. The quantitative estimate of drug-likeness (QED) is 0.913. The van der Waals surface area contributed by atoms with E-state index >= 15 is 0 Å². The second-order valence-electron chi connectivity index (χ2n) is 7.12. The molecule has 130 valence electrons. The Labute approximate surface area is 151 Å². The molecule has 25 heavy (non-hydrogen) atoms. The third-order valence-electron chi connectivity index (χ3n) is 5.52. The highest BCUT2D eigenvalue weighted by Gasteiger charge is 2.50. The molecule has 1 aromatic carbocycles. The smallest absolute Gasteiger partial charge is 0.308 e. The van der Waals surface area contributed by atoms with Gasteiger partial charge < -0.3 is 10.0 Å². The van der Waals surface area contributed by atoms with Crippen LogP contribution >= 0.6 is 11.3 Å². The number of thiophene rings is 1. The van der Waals surface area contributed by atoms with Crippen molar-refractivity contribution in [1.82, 2.24) is 4.90 Å². The number of rotatable bonds is 4. The number of carbonyl (C=O) groups is 2. The van der Waals surface area contributed by atoms with Crippen LogP contribution in [0.1, 0.15) is 34.3 Å². The van der Waals surface area contributed by atoms with Gasteiger partial charge in [0.1, 0.15) is 0 Å². The second-order valence-corrected chi connectivity index (χ2v) is 8.07. The van der Waals surface area contributed by atoms with Gasteiger partial charge in [-0.2, -0.15) is 0 Å². The molecule has 4 rings (SSSR count). The average molecular weight is 355 g/mol. The van der Waals surface area contributed by atoms with E-state index < -0.39 is 11.9 Å². The van der Waals surface area contributed by atoms with Gasteiger partial charge in [0.05, 0.1) is 5.92 Å². The molecule has 4 atom stereocenters. The summed E-state index contributed by atoms with van der Waals surface area (Å²) in [5, 5.41) is 11.7. The Bertz CT molecular complexity index is 800. The number of benzene rings is 1. The molecule has 1 saturated carbocycles. The number of carboxylic acids is 1. The molecule has 2 aliphatic rings. The Balaban J connectivity index is 1.49. The minimum absolute atomic E-state index is 0.0290. The molecule has 0 spiro atoms. The highest BCUT2D eigenvalue weighted by atomic mass is 32.1. The molecule has 2 aromatic rings. The first kappa shape index (κ1) is 16.3. The summed E-state index contributed by atoms with van der Waals surface area (Å²) < 4.78 is 0. The maximum absolute atomic E-state index is 12.9. The molecule has 2 fully saturated rings. The van der Waals surface area contributed by atoms with Crippen LogP contribution in [-0.2, 0) is 9.59 Å². The van der Waals surface area contributed by atoms with Crippen LogP contribution in [0.2, 0.25) is 0 Å². The summed E-state index contributed by atoms with van der Waals surface area (Å²) in [6.07, 6.45) is 0.893. The van der Waals surface area contributed by atoms with Gasteiger partial charge in [-0.05, 0) is 35.9 Å². The standard InChI is InChI=1S/C20H21NO3S/c1-12-7-8-25-18(12)14-9-15(14)19(22)21-10-16(17(11-21)20(23)24)13-5-3-2-4-6-13/h2-8,14-17H,9-11H2,1H3,(H,23,24). The van der Waals surface area contributed by atoms with Crippen LogP contribution in [0, 0.1) is 18.8 Å². The summed E-state index contributed by atoms with van der Waals surface area (Å²) >= 11 is 1.72. The molecule has 4 nitrogen and oxygen atoms in total. The van der Waals surface area contributed by atoms with Crippen molar-refractivity contribution < 1.29 is 14.7 Å². The zero-order valence-corrected chi connectivity index (χ0v) is 14.9. The molecule has 5 heteroatoms. The van der Waals surface area contributed by atoms with E-state index in [-0.39, 0.29) is 17.7 Å². The predicted octanol–water partition coefficient (Wildman–Crippen LogP) is 3.49. The van der Waals surface area contributed by atoms with Gasteiger partial charge in [-0.1, -0.05) is 30.3 Å². The summed E-state index contributed by atoms with van der Waals surface area (Å²) in [7, 11) is 0. The van der Waals surface area contributed by atoms with E-state index in [1.165, 1.54) is 10.4 Å². The maximum Gasteiger partial charge on any atom is 0.308 e. The van der Waals surface area contributed by atoms with Gasteiger partial charge in [-0.25, -0.2) is 0 Å². The van der Waals surface area contributed by atoms with Crippen LogP contribution in [0.15, 0.2) is 41.8 Å². The fourth-order valence-electron chi connectivity index (χ4n) is 4.03. The van der Waals surface area contributed by atoms with Crippen molar-refractivity contribution in [2.75, 3.05) is 13.1 Å². The molecular weight excluding hydrogens is 334 g/mol. The molecule has 4 unspecified atom stereocenters. The fraction of sp³-hybridized carbons (Fsp3) is 0.400. The van der Waals surface area contributed by atoms with Gasteiger partial charge in [0.15, 0.2) is 0 Å². The van der Waals surface area contributed by atoms with Gasteiger partial charge >= 0.3 is 5.97 Å². The topological polar surface area (TPSA) is 57.6 Å². The molecule has 1 aliphatic heterocycles. The predicted molar refractivity (Wildman–Crippen MR) is 96.8 cm³/mol. The Morgan fingerprint density at radius 1 is 1.08 bits per heavy atom. The van der Waals surface area contributed by atoms with Crippen LogP contribution in [0.5, 0.6) is 0 Å². The van der Waals surface area contributed by atoms with Crippen molar-refractivity contribution in [3.63, 3.8) is 0 Å². The van der Waals surface area contributed by atoms with Crippen LogP contribution < -0.4 is 0 Å². The first-order valence-corrected chi connectivity index (χ1v) is 9.54. The molecule has 1 amide bonds. The van der Waals surface area contributed by atoms with Crippen molar-refractivity contribution in [2.45, 2.75) is 25.2 Å². The van der Waals surface area contributed by atoms with Gasteiger partial charge in [0, 0.05) is 35.7 Å². The third kappa shape index (κ3) is 2.97. The number of aliphatic carboxylic acids is 1. The zero-order valence-electron chi connectivity index (χ0n) is 14.1. The minimum atomic E-state index is -0.814. The van der Waals surface area contributed by atoms with Crippen LogP contribution in [0.25, 0.3) is 0 Å². The lowest BCUT2D eigenvalue weighted by Gasteiger charge is -2.16. The number of likely N-dealkylation sites (tertiary alicyclic amines) is 1. The van der Waals surface area contributed by atoms with E-state index in [2.05, 4.69) is 18.4 Å². The summed E-state index contributed by atoms with van der Waals surface area (Å²) in [6.45, 7) is 2.92. The van der Waals surface area contributed by atoms with E-state index in [0.717, 1.165) is 12.0 Å². The summed E-state index contributed by atoms with van der Waals surface area (Å²) in [5.74, 6) is -0.976. The van der Waals surface area contributed by atoms with Crippen molar-refractivity contribution in [3.05, 3.63) is 57.8 Å². The summed E-state index contributed by atoms with van der Waals surface area (Å²) in [5.41, 5.74) is 2.27. The molecule has 0 bridgehead atoms. The van der Waals surface area contributed by atoms with E-state index in [9.17, 15) is 14.7 Å². The minimum Gasteiger partial charge on any atom is -0.481 e. The number of nitrogens with zero attached hydrogens (tertiary/aromatic N) is 1. The second kappa shape index (κ2) is 6.30. The lowest BCUT2D eigenvalue weighted by molar-refractivity contribution is -0.141. The number of amides is 1.